The normalized spacial score (nSPS) is 9.93. The molecule has 1 aromatic heterocycles. The second kappa shape index (κ2) is 5.39. The third-order valence-corrected chi connectivity index (χ3v) is 1.66. The number of hydrogen-bond acceptors (Lipinski definition) is 5. The summed E-state index contributed by atoms with van der Waals surface area (Å²) >= 11 is 0. The first kappa shape index (κ1) is 10.7. The number of hydrogen-bond donors (Lipinski definition) is 2. The molecule has 0 aliphatic rings. The maximum Gasteiger partial charge on any atom is 0.158 e. The Morgan fingerprint density at radius 1 is 1.36 bits per heavy atom. The summed E-state index contributed by atoms with van der Waals surface area (Å²) in [7, 11) is 3.46. The van der Waals surface area contributed by atoms with E-state index in [2.05, 4.69) is 20.6 Å². The van der Waals surface area contributed by atoms with Crippen LogP contribution < -0.4 is 10.6 Å². The van der Waals surface area contributed by atoms with Crippen LogP contribution in [0.3, 0.4) is 0 Å². The van der Waals surface area contributed by atoms with Crippen molar-refractivity contribution in [1.29, 1.82) is 0 Å². The maximum atomic E-state index is 4.98. The standard InChI is InChI=1S/C9H16N4O/c1-4-11-8-5-7(10-2)12-9(13-8)6-14-3/h5H,4,6H2,1-3H3,(H2,10,11,12,13). The Morgan fingerprint density at radius 2 is 2.07 bits per heavy atom. The Balaban J connectivity index is 2.88. The summed E-state index contributed by atoms with van der Waals surface area (Å²) < 4.78 is 4.98. The van der Waals surface area contributed by atoms with Gasteiger partial charge in [0.1, 0.15) is 18.2 Å². The van der Waals surface area contributed by atoms with Crippen molar-refractivity contribution < 1.29 is 4.74 Å². The summed E-state index contributed by atoms with van der Waals surface area (Å²) in [4.78, 5) is 8.51. The summed E-state index contributed by atoms with van der Waals surface area (Å²) in [6, 6.07) is 1.86. The highest BCUT2D eigenvalue weighted by molar-refractivity contribution is 5.46. The Morgan fingerprint density at radius 3 is 2.64 bits per heavy atom. The third kappa shape index (κ3) is 2.85. The number of nitrogens with zero attached hydrogens (tertiary/aromatic N) is 2. The van der Waals surface area contributed by atoms with Gasteiger partial charge in [0.25, 0.3) is 0 Å². The molecule has 1 heterocycles. The topological polar surface area (TPSA) is 59.1 Å². The third-order valence-electron chi connectivity index (χ3n) is 1.66. The Kier molecular flexibility index (Phi) is 4.12. The van der Waals surface area contributed by atoms with Crippen LogP contribution in [-0.4, -0.2) is 30.7 Å². The maximum absolute atomic E-state index is 4.98. The highest BCUT2D eigenvalue weighted by Crippen LogP contribution is 2.10. The van der Waals surface area contributed by atoms with Crippen molar-refractivity contribution in [2.24, 2.45) is 0 Å². The van der Waals surface area contributed by atoms with E-state index in [0.29, 0.717) is 12.4 Å². The zero-order chi connectivity index (χ0) is 10.4. The first-order chi connectivity index (χ1) is 6.80. The molecule has 0 fully saturated rings. The van der Waals surface area contributed by atoms with Gasteiger partial charge in [-0.3, -0.25) is 0 Å². The summed E-state index contributed by atoms with van der Waals surface area (Å²) in [6.07, 6.45) is 0. The van der Waals surface area contributed by atoms with E-state index in [1.165, 1.54) is 0 Å². The smallest absolute Gasteiger partial charge is 0.158 e. The molecule has 0 bridgehead atoms. The second-order valence-electron chi connectivity index (χ2n) is 2.77. The van der Waals surface area contributed by atoms with Crippen LogP contribution in [0.15, 0.2) is 6.07 Å². The van der Waals surface area contributed by atoms with Gasteiger partial charge in [0, 0.05) is 26.8 Å². The quantitative estimate of drug-likeness (QED) is 0.738. The zero-order valence-corrected chi connectivity index (χ0v) is 8.79. The molecular formula is C9H16N4O. The van der Waals surface area contributed by atoms with E-state index in [1.807, 2.05) is 20.0 Å². The van der Waals surface area contributed by atoms with Gasteiger partial charge in [-0.15, -0.1) is 0 Å². The summed E-state index contributed by atoms with van der Waals surface area (Å²) in [5.74, 6) is 2.29. The Bertz CT molecular complexity index is 266. The highest BCUT2D eigenvalue weighted by Gasteiger charge is 2.02. The minimum Gasteiger partial charge on any atom is -0.377 e. The molecule has 0 saturated heterocycles. The molecule has 0 aliphatic carbocycles. The van der Waals surface area contributed by atoms with Gasteiger partial charge in [0.15, 0.2) is 5.82 Å². The lowest BCUT2D eigenvalue weighted by molar-refractivity contribution is 0.178. The average Bonchev–Trinajstić information content (AvgIpc) is 2.18. The van der Waals surface area contributed by atoms with Gasteiger partial charge < -0.3 is 15.4 Å². The molecule has 0 atom stereocenters. The number of rotatable bonds is 5. The fourth-order valence-electron chi connectivity index (χ4n) is 1.09. The number of aromatic nitrogens is 2. The molecule has 1 aromatic rings. The van der Waals surface area contributed by atoms with Crippen LogP contribution in [0.5, 0.6) is 0 Å². The van der Waals surface area contributed by atoms with Gasteiger partial charge in [-0.05, 0) is 6.92 Å². The van der Waals surface area contributed by atoms with Crippen LogP contribution in [0.1, 0.15) is 12.7 Å². The van der Waals surface area contributed by atoms with Crippen LogP contribution in [0, 0.1) is 0 Å². The summed E-state index contributed by atoms with van der Waals surface area (Å²) in [6.45, 7) is 3.29. The minimum absolute atomic E-state index is 0.425. The molecule has 5 nitrogen and oxygen atoms in total. The van der Waals surface area contributed by atoms with Crippen molar-refractivity contribution in [2.45, 2.75) is 13.5 Å². The molecule has 0 radical (unpaired) electrons. The number of anilines is 2. The van der Waals surface area contributed by atoms with Gasteiger partial charge in [-0.1, -0.05) is 0 Å². The molecule has 0 amide bonds. The van der Waals surface area contributed by atoms with Crippen molar-refractivity contribution in [1.82, 2.24) is 9.97 Å². The van der Waals surface area contributed by atoms with Gasteiger partial charge in [0.2, 0.25) is 0 Å². The lowest BCUT2D eigenvalue weighted by Crippen LogP contribution is -2.06. The van der Waals surface area contributed by atoms with E-state index in [-0.39, 0.29) is 0 Å². The molecule has 0 aliphatic heterocycles. The first-order valence-electron chi connectivity index (χ1n) is 4.58. The molecule has 2 N–H and O–H groups in total. The highest BCUT2D eigenvalue weighted by atomic mass is 16.5. The predicted octanol–water partition coefficient (Wildman–Crippen LogP) is 1.10. The van der Waals surface area contributed by atoms with E-state index in [4.69, 9.17) is 4.74 Å². The molecular weight excluding hydrogens is 180 g/mol. The van der Waals surface area contributed by atoms with Gasteiger partial charge >= 0.3 is 0 Å². The molecule has 1 rings (SSSR count). The lowest BCUT2D eigenvalue weighted by Gasteiger charge is -2.07. The van der Waals surface area contributed by atoms with Crippen molar-refractivity contribution >= 4 is 11.6 Å². The fourth-order valence-corrected chi connectivity index (χ4v) is 1.09. The van der Waals surface area contributed by atoms with E-state index >= 15 is 0 Å². The van der Waals surface area contributed by atoms with Crippen molar-refractivity contribution in [3.8, 4) is 0 Å². The van der Waals surface area contributed by atoms with Crippen LogP contribution in [0.2, 0.25) is 0 Å². The molecule has 0 aromatic carbocycles. The van der Waals surface area contributed by atoms with E-state index in [9.17, 15) is 0 Å². The number of methoxy groups -OCH3 is 1. The molecule has 14 heavy (non-hydrogen) atoms. The molecule has 0 saturated carbocycles. The van der Waals surface area contributed by atoms with Crippen molar-refractivity contribution in [3.63, 3.8) is 0 Å². The SMILES string of the molecule is CCNc1cc(NC)nc(COC)n1. The first-order valence-corrected chi connectivity index (χ1v) is 4.58. The molecule has 0 spiro atoms. The van der Waals surface area contributed by atoms with Crippen molar-refractivity contribution in [2.75, 3.05) is 31.3 Å². The molecule has 5 heteroatoms. The number of nitrogens with one attached hydrogen (secondary N) is 2. The van der Waals surface area contributed by atoms with Crippen LogP contribution in [0.25, 0.3) is 0 Å². The fraction of sp³-hybridized carbons (Fsp3) is 0.556. The van der Waals surface area contributed by atoms with Crippen LogP contribution in [0.4, 0.5) is 11.6 Å². The van der Waals surface area contributed by atoms with E-state index < -0.39 is 0 Å². The van der Waals surface area contributed by atoms with Crippen LogP contribution >= 0.6 is 0 Å². The summed E-state index contributed by atoms with van der Waals surface area (Å²) in [5, 5.41) is 6.11. The Labute approximate surface area is 83.9 Å². The van der Waals surface area contributed by atoms with Gasteiger partial charge in [-0.2, -0.15) is 0 Å². The van der Waals surface area contributed by atoms with E-state index in [1.54, 1.807) is 7.11 Å². The molecule has 0 unspecified atom stereocenters. The lowest BCUT2D eigenvalue weighted by atomic mass is 10.4. The average molecular weight is 196 g/mol. The van der Waals surface area contributed by atoms with Gasteiger partial charge in [0.05, 0.1) is 0 Å². The van der Waals surface area contributed by atoms with Crippen LogP contribution in [-0.2, 0) is 11.3 Å². The largest absolute Gasteiger partial charge is 0.377 e. The van der Waals surface area contributed by atoms with E-state index in [0.717, 1.165) is 18.2 Å². The minimum atomic E-state index is 0.425. The number of ether oxygens (including phenoxy) is 1. The predicted molar refractivity (Wildman–Crippen MR) is 56.5 cm³/mol. The molecule has 78 valence electrons. The zero-order valence-electron chi connectivity index (χ0n) is 8.79. The second-order valence-corrected chi connectivity index (χ2v) is 2.77. The monoisotopic (exact) mass is 196 g/mol. The van der Waals surface area contributed by atoms with Crippen molar-refractivity contribution in [3.05, 3.63) is 11.9 Å². The van der Waals surface area contributed by atoms with Gasteiger partial charge in [-0.25, -0.2) is 9.97 Å². The Hall–Kier alpha value is -1.36. The summed E-state index contributed by atoms with van der Waals surface area (Å²) in [5.41, 5.74) is 0.